The Morgan fingerprint density at radius 2 is 2.04 bits per heavy atom. The Balaban J connectivity index is 3.34. The third-order valence-corrected chi connectivity index (χ3v) is 4.85. The summed E-state index contributed by atoms with van der Waals surface area (Å²) >= 11 is 0. The van der Waals surface area contributed by atoms with Gasteiger partial charge in [-0.25, -0.2) is 4.79 Å². The molecule has 0 aliphatic carbocycles. The summed E-state index contributed by atoms with van der Waals surface area (Å²) in [6, 6.07) is 0. The largest absolute Gasteiger partial charge is 0.481 e. The summed E-state index contributed by atoms with van der Waals surface area (Å²) in [5.74, 6) is -7.11. The van der Waals surface area contributed by atoms with Gasteiger partial charge in [-0.15, -0.1) is 6.58 Å². The number of carbonyl (C=O) groups is 4. The second-order valence-electron chi connectivity index (χ2n) is 6.82. The van der Waals surface area contributed by atoms with Crippen molar-refractivity contribution in [2.75, 3.05) is 13.2 Å². The summed E-state index contributed by atoms with van der Waals surface area (Å²) in [6.45, 7) is 7.54. The van der Waals surface area contributed by atoms with Crippen molar-refractivity contribution in [1.29, 1.82) is 0 Å². The second kappa shape index (κ2) is 10.7. The van der Waals surface area contributed by atoms with Gasteiger partial charge in [0, 0.05) is 11.8 Å². The van der Waals surface area contributed by atoms with Crippen molar-refractivity contribution in [2.45, 2.75) is 32.0 Å². The quantitative estimate of drug-likeness (QED) is 0.178. The molecule has 1 fully saturated rings. The Labute approximate surface area is 162 Å². The molecule has 1 aliphatic heterocycles. The van der Waals surface area contributed by atoms with E-state index in [2.05, 4.69) is 13.2 Å². The maximum Gasteiger partial charge on any atom is 0.336 e. The van der Waals surface area contributed by atoms with Crippen molar-refractivity contribution < 1.29 is 44.0 Å². The molecule has 0 spiro atoms. The zero-order valence-electron chi connectivity index (χ0n) is 15.7. The maximum absolute atomic E-state index is 12.1. The van der Waals surface area contributed by atoms with Crippen molar-refractivity contribution >= 4 is 24.2 Å². The lowest BCUT2D eigenvalue weighted by Gasteiger charge is -2.36. The molecule has 1 aliphatic rings. The molecule has 0 radical (unpaired) electrons. The molecule has 1 saturated heterocycles. The molecule has 0 aromatic heterocycles. The van der Waals surface area contributed by atoms with Crippen LogP contribution in [0.5, 0.6) is 0 Å². The normalized spacial score (nSPS) is 29.7. The summed E-state index contributed by atoms with van der Waals surface area (Å²) < 4.78 is 10.4. The predicted octanol–water partition coefficient (Wildman–Crippen LogP) is 0.0988. The Morgan fingerprint density at radius 3 is 2.54 bits per heavy atom. The van der Waals surface area contributed by atoms with E-state index < -0.39 is 60.4 Å². The van der Waals surface area contributed by atoms with E-state index in [1.54, 1.807) is 0 Å². The highest BCUT2D eigenvalue weighted by atomic mass is 16.5. The molecule has 9 nitrogen and oxygen atoms in total. The lowest BCUT2D eigenvalue weighted by atomic mass is 9.77. The van der Waals surface area contributed by atoms with Crippen LogP contribution in [-0.4, -0.2) is 64.9 Å². The lowest BCUT2D eigenvalue weighted by molar-refractivity contribution is -0.166. The first-order chi connectivity index (χ1) is 13.2. The van der Waals surface area contributed by atoms with Gasteiger partial charge < -0.3 is 29.6 Å². The van der Waals surface area contributed by atoms with Gasteiger partial charge in [-0.2, -0.15) is 0 Å². The number of cyclic esters (lactones) is 1. The molecule has 0 aromatic rings. The predicted molar refractivity (Wildman–Crippen MR) is 95.8 cm³/mol. The second-order valence-corrected chi connectivity index (χ2v) is 6.82. The van der Waals surface area contributed by atoms with Crippen LogP contribution in [0.1, 0.15) is 19.8 Å². The van der Waals surface area contributed by atoms with Crippen LogP contribution in [0, 0.1) is 23.7 Å². The lowest BCUT2D eigenvalue weighted by Crippen LogP contribution is -2.45. The number of hydrogen-bond donors (Lipinski definition) is 3. The van der Waals surface area contributed by atoms with Gasteiger partial charge >= 0.3 is 17.9 Å². The van der Waals surface area contributed by atoms with Crippen LogP contribution in [0.25, 0.3) is 0 Å². The standard InChI is InChI=1S/C19H26O9/c1-4-12-5-15(28-18(25)10(2)7-20)16(11(3)17(23)24)14(22)6-13(8-21)19(26)27-9-12/h4,8,11-16,20,22H,1-2,5-7,9H2,3H3,(H,23,24). The molecule has 1 heterocycles. The van der Waals surface area contributed by atoms with E-state index in [0.29, 0.717) is 6.29 Å². The van der Waals surface area contributed by atoms with Crippen LogP contribution in [0.4, 0.5) is 0 Å². The number of aldehydes is 1. The smallest absolute Gasteiger partial charge is 0.336 e. The van der Waals surface area contributed by atoms with Crippen LogP contribution in [0.15, 0.2) is 24.8 Å². The Bertz CT molecular complexity index is 627. The minimum absolute atomic E-state index is 0.0202. The number of aliphatic hydroxyl groups is 2. The minimum Gasteiger partial charge on any atom is -0.481 e. The highest BCUT2D eigenvalue weighted by Crippen LogP contribution is 2.32. The van der Waals surface area contributed by atoms with E-state index in [1.165, 1.54) is 13.0 Å². The number of rotatable bonds is 7. The van der Waals surface area contributed by atoms with Crippen molar-refractivity contribution in [3.63, 3.8) is 0 Å². The average molecular weight is 398 g/mol. The van der Waals surface area contributed by atoms with Crippen molar-refractivity contribution in [2.24, 2.45) is 23.7 Å². The molecule has 0 bridgehead atoms. The molecule has 6 unspecified atom stereocenters. The number of aliphatic hydroxyl groups excluding tert-OH is 2. The molecule has 0 amide bonds. The van der Waals surface area contributed by atoms with Crippen LogP contribution < -0.4 is 0 Å². The molecular weight excluding hydrogens is 372 g/mol. The number of carbonyl (C=O) groups excluding carboxylic acids is 3. The molecular formula is C19H26O9. The Hall–Kier alpha value is -2.52. The molecule has 3 N–H and O–H groups in total. The van der Waals surface area contributed by atoms with E-state index in [1.807, 2.05) is 0 Å². The average Bonchev–Trinajstić information content (AvgIpc) is 2.67. The molecule has 28 heavy (non-hydrogen) atoms. The Kier molecular flexibility index (Phi) is 9.01. The summed E-state index contributed by atoms with van der Waals surface area (Å²) in [5, 5.41) is 29.2. The number of aliphatic carboxylic acids is 1. The van der Waals surface area contributed by atoms with Crippen LogP contribution in [-0.2, 0) is 28.7 Å². The summed E-state index contributed by atoms with van der Waals surface area (Å²) in [7, 11) is 0. The van der Waals surface area contributed by atoms with Gasteiger partial charge in [0.1, 0.15) is 18.3 Å². The van der Waals surface area contributed by atoms with E-state index in [4.69, 9.17) is 14.6 Å². The van der Waals surface area contributed by atoms with E-state index in [-0.39, 0.29) is 25.0 Å². The van der Waals surface area contributed by atoms with Gasteiger partial charge in [-0.3, -0.25) is 9.59 Å². The first-order valence-electron chi connectivity index (χ1n) is 8.81. The van der Waals surface area contributed by atoms with Gasteiger partial charge in [-0.05, 0) is 12.8 Å². The zero-order valence-corrected chi connectivity index (χ0v) is 15.7. The first-order valence-corrected chi connectivity index (χ1v) is 8.81. The first kappa shape index (κ1) is 23.5. The highest BCUT2D eigenvalue weighted by molar-refractivity contribution is 5.88. The summed E-state index contributed by atoms with van der Waals surface area (Å²) in [5.41, 5.74) is -0.235. The number of esters is 2. The van der Waals surface area contributed by atoms with Crippen molar-refractivity contribution in [3.8, 4) is 0 Å². The van der Waals surface area contributed by atoms with Gasteiger partial charge in [0.25, 0.3) is 0 Å². The number of hydrogen-bond acceptors (Lipinski definition) is 8. The molecule has 0 aromatic carbocycles. The SMILES string of the molecule is C=CC1COC(=O)C(C=O)CC(O)C(C(C)C(=O)O)C(OC(=O)C(=C)CO)C1. The van der Waals surface area contributed by atoms with E-state index in [9.17, 15) is 29.4 Å². The molecule has 0 saturated carbocycles. The van der Waals surface area contributed by atoms with Crippen LogP contribution in [0.2, 0.25) is 0 Å². The third-order valence-electron chi connectivity index (χ3n) is 4.85. The van der Waals surface area contributed by atoms with Gasteiger partial charge in [-0.1, -0.05) is 19.6 Å². The van der Waals surface area contributed by atoms with Gasteiger partial charge in [0.2, 0.25) is 0 Å². The van der Waals surface area contributed by atoms with Crippen LogP contribution >= 0.6 is 0 Å². The van der Waals surface area contributed by atoms with Gasteiger partial charge in [0.15, 0.2) is 0 Å². The topological polar surface area (TPSA) is 147 Å². The number of carboxylic acid groups (broad SMARTS) is 1. The van der Waals surface area contributed by atoms with Crippen LogP contribution in [0.3, 0.4) is 0 Å². The molecule has 1 rings (SSSR count). The Morgan fingerprint density at radius 1 is 1.39 bits per heavy atom. The number of carboxylic acids is 1. The minimum atomic E-state index is -1.45. The zero-order chi connectivity index (χ0) is 21.4. The molecule has 156 valence electrons. The summed E-state index contributed by atoms with van der Waals surface area (Å²) in [4.78, 5) is 47.0. The maximum atomic E-state index is 12.1. The van der Waals surface area contributed by atoms with E-state index in [0.717, 1.165) is 0 Å². The molecule has 6 atom stereocenters. The van der Waals surface area contributed by atoms with Gasteiger partial charge in [0.05, 0.1) is 30.8 Å². The highest BCUT2D eigenvalue weighted by Gasteiger charge is 2.42. The third kappa shape index (κ3) is 6.00. The monoisotopic (exact) mass is 398 g/mol. The van der Waals surface area contributed by atoms with Crippen molar-refractivity contribution in [3.05, 3.63) is 24.8 Å². The fourth-order valence-corrected chi connectivity index (χ4v) is 3.09. The number of ether oxygens (including phenoxy) is 2. The fourth-order valence-electron chi connectivity index (χ4n) is 3.09. The summed E-state index contributed by atoms with van der Waals surface area (Å²) in [6.07, 6.45) is -1.14. The fraction of sp³-hybridized carbons (Fsp3) is 0.579. The van der Waals surface area contributed by atoms with E-state index >= 15 is 0 Å². The molecule has 9 heteroatoms. The van der Waals surface area contributed by atoms with Crippen molar-refractivity contribution in [1.82, 2.24) is 0 Å².